The van der Waals surface area contributed by atoms with Gasteiger partial charge in [0.1, 0.15) is 11.6 Å². The molecule has 3 aromatic carbocycles. The van der Waals surface area contributed by atoms with E-state index in [0.717, 1.165) is 12.0 Å². The Morgan fingerprint density at radius 3 is 2.28 bits per heavy atom. The molecule has 3 aromatic rings. The molecule has 25 heavy (non-hydrogen) atoms. The largest absolute Gasteiger partial charge is 0.497 e. The van der Waals surface area contributed by atoms with Crippen LogP contribution in [0.3, 0.4) is 0 Å². The molecule has 0 heterocycles. The number of aryl methyl sites for hydroxylation is 1. The van der Waals surface area contributed by atoms with Crippen molar-refractivity contribution < 1.29 is 17.9 Å². The third-order valence-electron chi connectivity index (χ3n) is 4.21. The van der Waals surface area contributed by atoms with Crippen LogP contribution in [0.4, 0.5) is 13.2 Å². The fourth-order valence-corrected chi connectivity index (χ4v) is 2.70. The predicted octanol–water partition coefficient (Wildman–Crippen LogP) is 6.31. The molecule has 1 nitrogen and oxygen atoms in total. The highest BCUT2D eigenvalue weighted by molar-refractivity contribution is 5.91. The Kier molecular flexibility index (Phi) is 4.79. The molecule has 0 amide bonds. The zero-order valence-corrected chi connectivity index (χ0v) is 13.9. The van der Waals surface area contributed by atoms with Gasteiger partial charge in [-0.25, -0.2) is 13.2 Å². The van der Waals surface area contributed by atoms with Crippen molar-refractivity contribution in [3.05, 3.63) is 77.1 Å². The van der Waals surface area contributed by atoms with Gasteiger partial charge in [-0.15, -0.1) is 0 Å². The molecule has 128 valence electrons. The molecule has 0 saturated heterocycles. The van der Waals surface area contributed by atoms with E-state index in [1.807, 2.05) is 6.92 Å². The number of halogens is 3. The van der Waals surface area contributed by atoms with Crippen LogP contribution in [0.2, 0.25) is 0 Å². The zero-order valence-electron chi connectivity index (χ0n) is 13.9. The Morgan fingerprint density at radius 2 is 1.64 bits per heavy atom. The van der Waals surface area contributed by atoms with Gasteiger partial charge in [-0.1, -0.05) is 37.3 Å². The van der Waals surface area contributed by atoms with E-state index in [1.54, 1.807) is 30.3 Å². The van der Waals surface area contributed by atoms with Crippen LogP contribution in [-0.2, 0) is 6.42 Å². The molecule has 4 heteroatoms. The van der Waals surface area contributed by atoms with E-state index in [1.165, 1.54) is 31.4 Å². The van der Waals surface area contributed by atoms with E-state index in [0.29, 0.717) is 11.1 Å². The van der Waals surface area contributed by atoms with Gasteiger partial charge in [-0.2, -0.15) is 0 Å². The lowest BCUT2D eigenvalue weighted by atomic mass is 10.0. The van der Waals surface area contributed by atoms with Crippen LogP contribution in [0.1, 0.15) is 23.6 Å². The predicted molar refractivity (Wildman–Crippen MR) is 95.3 cm³/mol. The number of ether oxygens (including phenoxy) is 1. The summed E-state index contributed by atoms with van der Waals surface area (Å²) in [5, 5.41) is 0.767. The number of hydrogen-bond donors (Lipinski definition) is 0. The molecule has 3 rings (SSSR count). The summed E-state index contributed by atoms with van der Waals surface area (Å²) in [6, 6.07) is 14.0. The number of methoxy groups -OCH3 is 1. The van der Waals surface area contributed by atoms with Gasteiger partial charge in [0.25, 0.3) is 0 Å². The van der Waals surface area contributed by atoms with Gasteiger partial charge in [0.2, 0.25) is 0 Å². The average Bonchev–Trinajstić information content (AvgIpc) is 2.67. The lowest BCUT2D eigenvalue weighted by Gasteiger charge is -2.08. The van der Waals surface area contributed by atoms with Crippen molar-refractivity contribution in [1.29, 1.82) is 0 Å². The smallest absolute Gasteiger partial charge is 0.169 e. The summed E-state index contributed by atoms with van der Waals surface area (Å²) < 4.78 is 48.8. The van der Waals surface area contributed by atoms with E-state index in [-0.39, 0.29) is 10.9 Å². The van der Waals surface area contributed by atoms with Gasteiger partial charge >= 0.3 is 0 Å². The molecule has 0 atom stereocenters. The molecule has 0 aliphatic heterocycles. The number of rotatable bonds is 4. The van der Waals surface area contributed by atoms with Crippen LogP contribution in [-0.4, -0.2) is 7.11 Å². The van der Waals surface area contributed by atoms with Gasteiger partial charge < -0.3 is 4.74 Å². The van der Waals surface area contributed by atoms with Crippen molar-refractivity contribution in [2.45, 2.75) is 13.3 Å². The molecule has 0 aliphatic carbocycles. The maximum Gasteiger partial charge on any atom is 0.169 e. The molecule has 0 unspecified atom stereocenters. The van der Waals surface area contributed by atoms with E-state index < -0.39 is 23.0 Å². The van der Waals surface area contributed by atoms with E-state index in [9.17, 15) is 13.2 Å². The second-order valence-electron chi connectivity index (χ2n) is 5.69. The first-order valence-corrected chi connectivity index (χ1v) is 7.96. The Labute approximate surface area is 144 Å². The Bertz CT molecular complexity index is 943. The monoisotopic (exact) mass is 342 g/mol. The highest BCUT2D eigenvalue weighted by Gasteiger charge is 2.17. The third kappa shape index (κ3) is 3.25. The van der Waals surface area contributed by atoms with Crippen LogP contribution < -0.4 is 4.74 Å². The van der Waals surface area contributed by atoms with Gasteiger partial charge in [-0.3, -0.25) is 0 Å². The Morgan fingerprint density at radius 1 is 0.920 bits per heavy atom. The minimum atomic E-state index is -1.21. The van der Waals surface area contributed by atoms with Crippen LogP contribution >= 0.6 is 0 Å². The van der Waals surface area contributed by atoms with E-state index in [4.69, 9.17) is 4.74 Å². The SMILES string of the molecule is CCc1ccc(C(F)=C(F)c2ccc3cc(OC)ccc3c2F)cc1. The Balaban J connectivity index is 2.08. The van der Waals surface area contributed by atoms with Crippen molar-refractivity contribution in [3.8, 4) is 5.75 Å². The molecule has 0 aliphatic rings. The molecule has 0 spiro atoms. The topological polar surface area (TPSA) is 9.23 Å². The van der Waals surface area contributed by atoms with Gasteiger partial charge in [-0.05, 0) is 41.6 Å². The maximum absolute atomic E-state index is 14.7. The summed E-state index contributed by atoms with van der Waals surface area (Å²) in [5.41, 5.74) is 0.710. The van der Waals surface area contributed by atoms with E-state index in [2.05, 4.69) is 0 Å². The summed E-state index contributed by atoms with van der Waals surface area (Å²) in [6.07, 6.45) is 0.802. The molecule has 0 saturated carbocycles. The van der Waals surface area contributed by atoms with Crippen LogP contribution in [0.5, 0.6) is 5.75 Å². The minimum absolute atomic E-state index is 0.0870. The minimum Gasteiger partial charge on any atom is -0.497 e. The standard InChI is InChI=1S/C21H17F3O/c1-3-13-4-6-14(7-5-13)19(22)21(24)18-10-8-15-12-16(25-2)9-11-17(15)20(18)23/h4-12H,3H2,1-2H3. The van der Waals surface area contributed by atoms with Crippen LogP contribution in [0.15, 0.2) is 54.6 Å². The molecule has 0 radical (unpaired) electrons. The van der Waals surface area contributed by atoms with Gasteiger partial charge in [0.15, 0.2) is 11.7 Å². The molecular weight excluding hydrogens is 325 g/mol. The van der Waals surface area contributed by atoms with Crippen LogP contribution in [0, 0.1) is 5.82 Å². The quantitative estimate of drug-likeness (QED) is 0.505. The van der Waals surface area contributed by atoms with Gasteiger partial charge in [0, 0.05) is 16.5 Å². The normalized spacial score (nSPS) is 12.2. The number of fused-ring (bicyclic) bond motifs is 1. The summed E-state index contributed by atoms with van der Waals surface area (Å²) in [7, 11) is 1.51. The summed E-state index contributed by atoms with van der Waals surface area (Å²) in [4.78, 5) is 0. The lowest BCUT2D eigenvalue weighted by molar-refractivity contribution is 0.415. The van der Waals surface area contributed by atoms with Crippen molar-refractivity contribution in [3.63, 3.8) is 0 Å². The lowest BCUT2D eigenvalue weighted by Crippen LogP contribution is -1.92. The van der Waals surface area contributed by atoms with Crippen molar-refractivity contribution in [2.24, 2.45) is 0 Å². The van der Waals surface area contributed by atoms with Crippen molar-refractivity contribution in [2.75, 3.05) is 7.11 Å². The van der Waals surface area contributed by atoms with Crippen molar-refractivity contribution in [1.82, 2.24) is 0 Å². The van der Waals surface area contributed by atoms with Crippen LogP contribution in [0.25, 0.3) is 22.4 Å². The molecule has 0 fully saturated rings. The molecule has 0 N–H and O–H groups in total. The fraction of sp³-hybridized carbons (Fsp3) is 0.143. The second-order valence-corrected chi connectivity index (χ2v) is 5.69. The summed E-state index contributed by atoms with van der Waals surface area (Å²) in [5.74, 6) is -2.51. The molecule has 0 aromatic heterocycles. The molecular formula is C21H17F3O. The number of hydrogen-bond acceptors (Lipinski definition) is 1. The van der Waals surface area contributed by atoms with Crippen molar-refractivity contribution >= 4 is 22.4 Å². The highest BCUT2D eigenvalue weighted by atomic mass is 19.2. The fourth-order valence-electron chi connectivity index (χ4n) is 2.70. The summed E-state index contributed by atoms with van der Waals surface area (Å²) >= 11 is 0. The summed E-state index contributed by atoms with van der Waals surface area (Å²) in [6.45, 7) is 1.97. The maximum atomic E-state index is 14.7. The average molecular weight is 342 g/mol. The van der Waals surface area contributed by atoms with E-state index >= 15 is 0 Å². The Hall–Kier alpha value is -2.75. The zero-order chi connectivity index (χ0) is 18.0. The van der Waals surface area contributed by atoms with Gasteiger partial charge in [0.05, 0.1) is 7.11 Å². The number of benzene rings is 3. The highest BCUT2D eigenvalue weighted by Crippen LogP contribution is 2.34. The second kappa shape index (κ2) is 7.01. The molecule has 0 bridgehead atoms. The first-order valence-electron chi connectivity index (χ1n) is 7.96. The third-order valence-corrected chi connectivity index (χ3v) is 4.21. The first kappa shape index (κ1) is 17.1. The first-order chi connectivity index (χ1) is 12.0.